The second-order valence-corrected chi connectivity index (χ2v) is 4.57. The number of hydrogen-bond acceptors (Lipinski definition) is 6. The first-order chi connectivity index (χ1) is 11.5. The Labute approximate surface area is 139 Å². The van der Waals surface area contributed by atoms with E-state index in [2.05, 4.69) is 15.7 Å². The van der Waals surface area contributed by atoms with Crippen LogP contribution < -0.4 is 16.5 Å². The van der Waals surface area contributed by atoms with Gasteiger partial charge in [-0.1, -0.05) is 12.1 Å². The maximum Gasteiger partial charge on any atom is 0.307 e. The third-order valence-corrected chi connectivity index (χ3v) is 2.72. The van der Waals surface area contributed by atoms with Crippen molar-refractivity contribution in [1.29, 1.82) is 0 Å². The number of benzene rings is 1. The zero-order chi connectivity index (χ0) is 17.8. The molecule has 8 nitrogen and oxygen atoms in total. The van der Waals surface area contributed by atoms with E-state index < -0.39 is 11.8 Å². The van der Waals surface area contributed by atoms with Crippen LogP contribution in [0.5, 0.6) is 0 Å². The molecule has 1 aromatic carbocycles. The second kappa shape index (κ2) is 10.5. The highest BCUT2D eigenvalue weighted by molar-refractivity contribution is 6.03. The Morgan fingerprint density at radius 1 is 1.17 bits per heavy atom. The van der Waals surface area contributed by atoms with Crippen LogP contribution in [0.25, 0.3) is 0 Å². The maximum atomic E-state index is 11.7. The van der Waals surface area contributed by atoms with Crippen LogP contribution in [0, 0.1) is 0 Å². The predicted octanol–water partition coefficient (Wildman–Crippen LogP) is 0.543. The number of carbonyl (C=O) groups is 3. The van der Waals surface area contributed by atoms with E-state index in [1.54, 1.807) is 31.2 Å². The molecule has 0 atom stereocenters. The van der Waals surface area contributed by atoms with Crippen LogP contribution in [0.2, 0.25) is 0 Å². The SMILES string of the molecule is CCOC(=O)CCNC(=O)/C=C\C(=O)Nc1ccc(C=NN)cc1. The van der Waals surface area contributed by atoms with Crippen LogP contribution in [-0.4, -0.2) is 37.1 Å². The fourth-order valence-corrected chi connectivity index (χ4v) is 1.65. The van der Waals surface area contributed by atoms with Crippen molar-refractivity contribution in [3.05, 3.63) is 42.0 Å². The van der Waals surface area contributed by atoms with Gasteiger partial charge in [0.05, 0.1) is 19.2 Å². The van der Waals surface area contributed by atoms with E-state index in [4.69, 9.17) is 10.6 Å². The molecule has 4 N–H and O–H groups in total. The van der Waals surface area contributed by atoms with Crippen LogP contribution in [0.3, 0.4) is 0 Å². The third-order valence-electron chi connectivity index (χ3n) is 2.72. The summed E-state index contributed by atoms with van der Waals surface area (Å²) in [5.41, 5.74) is 1.37. The highest BCUT2D eigenvalue weighted by atomic mass is 16.5. The summed E-state index contributed by atoms with van der Waals surface area (Å²) in [6, 6.07) is 6.83. The van der Waals surface area contributed by atoms with E-state index in [9.17, 15) is 14.4 Å². The number of carbonyl (C=O) groups excluding carboxylic acids is 3. The van der Waals surface area contributed by atoms with E-state index in [0.29, 0.717) is 12.3 Å². The highest BCUT2D eigenvalue weighted by Gasteiger charge is 2.03. The normalized spacial score (nSPS) is 10.7. The quantitative estimate of drug-likeness (QED) is 0.211. The van der Waals surface area contributed by atoms with Gasteiger partial charge in [0.1, 0.15) is 0 Å². The minimum atomic E-state index is -0.469. The van der Waals surface area contributed by atoms with Crippen LogP contribution in [-0.2, 0) is 19.1 Å². The third kappa shape index (κ3) is 7.74. The lowest BCUT2D eigenvalue weighted by molar-refractivity contribution is -0.143. The summed E-state index contributed by atoms with van der Waals surface area (Å²) >= 11 is 0. The number of nitrogens with zero attached hydrogens (tertiary/aromatic N) is 1. The van der Waals surface area contributed by atoms with Gasteiger partial charge in [-0.05, 0) is 24.6 Å². The van der Waals surface area contributed by atoms with E-state index >= 15 is 0 Å². The van der Waals surface area contributed by atoms with Crippen molar-refractivity contribution in [2.24, 2.45) is 10.9 Å². The molecule has 0 aliphatic carbocycles. The molecule has 0 saturated carbocycles. The summed E-state index contributed by atoms with van der Waals surface area (Å²) in [5, 5.41) is 8.48. The van der Waals surface area contributed by atoms with E-state index in [0.717, 1.165) is 17.7 Å². The minimum Gasteiger partial charge on any atom is -0.466 e. The Balaban J connectivity index is 2.36. The number of nitrogens with two attached hydrogens (primary N) is 1. The summed E-state index contributed by atoms with van der Waals surface area (Å²) in [6.07, 6.45) is 3.76. The Morgan fingerprint density at radius 3 is 2.46 bits per heavy atom. The summed E-state index contributed by atoms with van der Waals surface area (Å²) in [5.74, 6) is 3.74. The predicted molar refractivity (Wildman–Crippen MR) is 90.3 cm³/mol. The Hall–Kier alpha value is -3.16. The van der Waals surface area contributed by atoms with Gasteiger partial charge in [-0.2, -0.15) is 5.10 Å². The lowest BCUT2D eigenvalue weighted by Crippen LogP contribution is -2.25. The second-order valence-electron chi connectivity index (χ2n) is 4.57. The first-order valence-electron chi connectivity index (χ1n) is 7.31. The lowest BCUT2D eigenvalue weighted by Gasteiger charge is -2.03. The number of hydrogen-bond donors (Lipinski definition) is 3. The van der Waals surface area contributed by atoms with Crippen molar-refractivity contribution in [3.63, 3.8) is 0 Å². The lowest BCUT2D eigenvalue weighted by atomic mass is 10.2. The van der Waals surface area contributed by atoms with Crippen LogP contribution in [0.1, 0.15) is 18.9 Å². The Bertz CT molecular complexity index is 623. The van der Waals surface area contributed by atoms with E-state index in [-0.39, 0.29) is 18.9 Å². The first kappa shape index (κ1) is 18.9. The molecule has 0 unspecified atom stereocenters. The number of rotatable bonds is 8. The van der Waals surface area contributed by atoms with Crippen molar-refractivity contribution in [3.8, 4) is 0 Å². The molecule has 0 saturated heterocycles. The minimum absolute atomic E-state index is 0.0814. The summed E-state index contributed by atoms with van der Waals surface area (Å²) in [6.45, 7) is 2.15. The fourth-order valence-electron chi connectivity index (χ4n) is 1.65. The molecule has 0 radical (unpaired) electrons. The number of hydrazone groups is 1. The van der Waals surface area contributed by atoms with Crippen LogP contribution in [0.4, 0.5) is 5.69 Å². The molecule has 0 aliphatic heterocycles. The molecule has 0 aliphatic rings. The molecular formula is C16H20N4O4. The molecule has 0 spiro atoms. The van der Waals surface area contributed by atoms with Crippen molar-refractivity contribution in [1.82, 2.24) is 5.32 Å². The maximum absolute atomic E-state index is 11.7. The average Bonchev–Trinajstić information content (AvgIpc) is 2.55. The van der Waals surface area contributed by atoms with Gasteiger partial charge >= 0.3 is 5.97 Å². The molecule has 0 fully saturated rings. The van der Waals surface area contributed by atoms with Crippen molar-refractivity contribution >= 4 is 29.7 Å². The largest absolute Gasteiger partial charge is 0.466 e. The average molecular weight is 332 g/mol. The Kier molecular flexibility index (Phi) is 8.30. The zero-order valence-corrected chi connectivity index (χ0v) is 13.3. The zero-order valence-electron chi connectivity index (χ0n) is 13.3. The molecule has 0 heterocycles. The molecule has 0 aromatic heterocycles. The van der Waals surface area contributed by atoms with E-state index in [1.165, 1.54) is 6.21 Å². The van der Waals surface area contributed by atoms with Gasteiger partial charge in [0.2, 0.25) is 11.8 Å². The van der Waals surface area contributed by atoms with Gasteiger partial charge in [0.15, 0.2) is 0 Å². The number of anilines is 1. The number of esters is 1. The molecule has 1 aromatic rings. The molecule has 2 amide bonds. The standard InChI is InChI=1S/C16H20N4O4/c1-2-24-16(23)9-10-18-14(21)7-8-15(22)20-13-5-3-12(4-6-13)11-19-17/h3-8,11H,2,9-10,17H2,1H3,(H,18,21)(H,20,22)/b8-7-,19-11?. The monoisotopic (exact) mass is 332 g/mol. The molecule has 24 heavy (non-hydrogen) atoms. The van der Waals surface area contributed by atoms with Crippen LogP contribution in [0.15, 0.2) is 41.5 Å². The van der Waals surface area contributed by atoms with Gasteiger partial charge in [0, 0.05) is 24.4 Å². The van der Waals surface area contributed by atoms with Crippen LogP contribution >= 0.6 is 0 Å². The molecule has 1 rings (SSSR count). The number of ether oxygens (including phenoxy) is 1. The molecule has 128 valence electrons. The molecule has 0 bridgehead atoms. The summed E-state index contributed by atoms with van der Waals surface area (Å²) in [7, 11) is 0. The van der Waals surface area contributed by atoms with Crippen molar-refractivity contribution in [2.75, 3.05) is 18.5 Å². The van der Waals surface area contributed by atoms with Gasteiger partial charge in [-0.15, -0.1) is 0 Å². The number of nitrogens with one attached hydrogen (secondary N) is 2. The number of amides is 2. The van der Waals surface area contributed by atoms with Gasteiger partial charge in [-0.3, -0.25) is 14.4 Å². The molecule has 8 heteroatoms. The fraction of sp³-hybridized carbons (Fsp3) is 0.250. The topological polar surface area (TPSA) is 123 Å². The van der Waals surface area contributed by atoms with Gasteiger partial charge in [0.25, 0.3) is 0 Å². The Morgan fingerprint density at radius 2 is 1.83 bits per heavy atom. The van der Waals surface area contributed by atoms with Crippen molar-refractivity contribution < 1.29 is 19.1 Å². The summed E-state index contributed by atoms with van der Waals surface area (Å²) < 4.78 is 4.72. The smallest absolute Gasteiger partial charge is 0.307 e. The highest BCUT2D eigenvalue weighted by Crippen LogP contribution is 2.08. The van der Waals surface area contributed by atoms with Crippen molar-refractivity contribution in [2.45, 2.75) is 13.3 Å². The van der Waals surface area contributed by atoms with Gasteiger partial charge in [-0.25, -0.2) is 0 Å². The summed E-state index contributed by atoms with van der Waals surface area (Å²) in [4.78, 5) is 34.3. The molecular weight excluding hydrogens is 312 g/mol. The van der Waals surface area contributed by atoms with Gasteiger partial charge < -0.3 is 21.2 Å². The van der Waals surface area contributed by atoms with E-state index in [1.807, 2.05) is 0 Å². The first-order valence-corrected chi connectivity index (χ1v) is 7.31.